The summed E-state index contributed by atoms with van der Waals surface area (Å²) in [5.74, 6) is 0.782. The quantitative estimate of drug-likeness (QED) is 0.706. The van der Waals surface area contributed by atoms with Gasteiger partial charge in [-0.05, 0) is 31.6 Å². The van der Waals surface area contributed by atoms with Crippen LogP contribution >= 0.6 is 15.9 Å². The molecule has 0 aromatic rings. The summed E-state index contributed by atoms with van der Waals surface area (Å²) in [4.78, 5) is 0. The van der Waals surface area contributed by atoms with Crippen molar-refractivity contribution in [3.05, 3.63) is 0 Å². The fourth-order valence-corrected chi connectivity index (χ4v) is 3.27. The Morgan fingerprint density at radius 2 is 1.67 bits per heavy atom. The highest BCUT2D eigenvalue weighted by Gasteiger charge is 2.29. The van der Waals surface area contributed by atoms with Gasteiger partial charge in [-0.2, -0.15) is 0 Å². The third-order valence-electron chi connectivity index (χ3n) is 3.38. The minimum absolute atomic E-state index is 0.0714. The van der Waals surface area contributed by atoms with Crippen LogP contribution in [-0.4, -0.2) is 24.8 Å². The van der Waals surface area contributed by atoms with Crippen LogP contribution in [0, 0.1) is 11.3 Å². The molecule has 0 radical (unpaired) electrons. The molecule has 15 heavy (non-hydrogen) atoms. The van der Waals surface area contributed by atoms with Crippen molar-refractivity contribution in [1.82, 2.24) is 0 Å². The molecule has 0 bridgehead atoms. The first-order chi connectivity index (χ1) is 6.65. The van der Waals surface area contributed by atoms with Gasteiger partial charge in [0, 0.05) is 5.33 Å². The van der Waals surface area contributed by atoms with Gasteiger partial charge in [-0.1, -0.05) is 36.7 Å². The van der Waals surface area contributed by atoms with E-state index in [4.69, 9.17) is 0 Å². The molecule has 0 amide bonds. The lowest BCUT2D eigenvalue weighted by atomic mass is 9.79. The van der Waals surface area contributed by atoms with Crippen molar-refractivity contribution in [1.29, 1.82) is 0 Å². The number of rotatable bonds is 6. The van der Waals surface area contributed by atoms with Gasteiger partial charge >= 0.3 is 0 Å². The van der Waals surface area contributed by atoms with Gasteiger partial charge in [-0.3, -0.25) is 0 Å². The predicted molar refractivity (Wildman–Crippen MR) is 70.3 cm³/mol. The van der Waals surface area contributed by atoms with Crippen LogP contribution in [-0.2, 0) is 9.84 Å². The lowest BCUT2D eigenvalue weighted by Crippen LogP contribution is -2.30. The molecule has 2 nitrogen and oxygen atoms in total. The van der Waals surface area contributed by atoms with E-state index in [2.05, 4.69) is 36.7 Å². The Balaban J connectivity index is 4.50. The van der Waals surface area contributed by atoms with Crippen molar-refractivity contribution < 1.29 is 8.42 Å². The van der Waals surface area contributed by atoms with Crippen LogP contribution < -0.4 is 0 Å². The Bertz CT molecular complexity index is 283. The third kappa shape index (κ3) is 4.43. The van der Waals surface area contributed by atoms with Crippen molar-refractivity contribution in [3.63, 3.8) is 0 Å². The monoisotopic (exact) mass is 298 g/mol. The van der Waals surface area contributed by atoms with Crippen LogP contribution in [0.1, 0.15) is 41.0 Å². The van der Waals surface area contributed by atoms with Gasteiger partial charge in [0.1, 0.15) is 0 Å². The van der Waals surface area contributed by atoms with Crippen LogP contribution in [0.3, 0.4) is 0 Å². The summed E-state index contributed by atoms with van der Waals surface area (Å²) < 4.78 is 23.4. The van der Waals surface area contributed by atoms with Gasteiger partial charge in [-0.25, -0.2) is 8.42 Å². The maximum absolute atomic E-state index is 11.7. The molecule has 0 rings (SSSR count). The maximum Gasteiger partial charge on any atom is 0.152 e. The van der Waals surface area contributed by atoms with Gasteiger partial charge < -0.3 is 0 Å². The molecule has 0 aliphatic carbocycles. The summed E-state index contributed by atoms with van der Waals surface area (Å²) in [5, 5.41) is 0.592. The van der Waals surface area contributed by atoms with Crippen LogP contribution in [0.5, 0.6) is 0 Å². The molecular formula is C11H23BrO2S. The normalized spacial score (nSPS) is 17.1. The van der Waals surface area contributed by atoms with E-state index in [9.17, 15) is 8.42 Å². The van der Waals surface area contributed by atoms with Gasteiger partial charge in [0.25, 0.3) is 0 Å². The Morgan fingerprint density at radius 3 is 1.93 bits per heavy atom. The second-order valence-electron chi connectivity index (χ2n) is 5.11. The summed E-state index contributed by atoms with van der Waals surface area (Å²) in [6.07, 6.45) is 0.733. The second-order valence-corrected chi connectivity index (χ2v) is 8.35. The fraction of sp³-hybridized carbons (Fsp3) is 1.00. The lowest BCUT2D eigenvalue weighted by molar-refractivity contribution is 0.250. The van der Waals surface area contributed by atoms with Crippen molar-refractivity contribution in [3.8, 4) is 0 Å². The zero-order valence-electron chi connectivity index (χ0n) is 10.4. The summed E-state index contributed by atoms with van der Waals surface area (Å²) in [6, 6.07) is 0. The van der Waals surface area contributed by atoms with Crippen LogP contribution in [0.2, 0.25) is 0 Å². The van der Waals surface area contributed by atoms with E-state index in [1.165, 1.54) is 0 Å². The van der Waals surface area contributed by atoms with Crippen molar-refractivity contribution in [2.45, 2.75) is 46.3 Å². The Labute approximate surface area is 103 Å². The number of alkyl halides is 1. The fourth-order valence-electron chi connectivity index (χ4n) is 1.12. The summed E-state index contributed by atoms with van der Waals surface area (Å²) in [5.41, 5.74) is 0.0714. The first-order valence-electron chi connectivity index (χ1n) is 5.43. The van der Waals surface area contributed by atoms with E-state index in [-0.39, 0.29) is 10.7 Å². The van der Waals surface area contributed by atoms with Crippen LogP contribution in [0.15, 0.2) is 0 Å². The van der Waals surface area contributed by atoms with E-state index < -0.39 is 9.84 Å². The van der Waals surface area contributed by atoms with Crippen molar-refractivity contribution in [2.24, 2.45) is 11.3 Å². The average molecular weight is 299 g/mol. The van der Waals surface area contributed by atoms with Gasteiger partial charge in [0.05, 0.1) is 11.0 Å². The van der Waals surface area contributed by atoms with E-state index in [0.717, 1.165) is 11.8 Å². The molecule has 0 aliphatic heterocycles. The summed E-state index contributed by atoms with van der Waals surface area (Å²) >= 11 is 3.48. The first-order valence-corrected chi connectivity index (χ1v) is 8.27. The molecule has 0 aromatic carbocycles. The van der Waals surface area contributed by atoms with E-state index >= 15 is 0 Å². The van der Waals surface area contributed by atoms with E-state index in [1.54, 1.807) is 13.8 Å². The number of sulfone groups is 1. The van der Waals surface area contributed by atoms with Gasteiger partial charge in [0.15, 0.2) is 9.84 Å². The van der Waals surface area contributed by atoms with Crippen molar-refractivity contribution in [2.75, 3.05) is 11.1 Å². The van der Waals surface area contributed by atoms with Gasteiger partial charge in [-0.15, -0.1) is 0 Å². The number of hydrogen-bond acceptors (Lipinski definition) is 2. The molecule has 92 valence electrons. The summed E-state index contributed by atoms with van der Waals surface area (Å²) in [6.45, 7) is 9.92. The smallest absolute Gasteiger partial charge is 0.152 e. The first kappa shape index (κ1) is 15.4. The predicted octanol–water partition coefficient (Wildman–Crippen LogP) is 3.26. The molecule has 1 unspecified atom stereocenters. The van der Waals surface area contributed by atoms with E-state index in [1.807, 2.05) is 0 Å². The molecule has 0 spiro atoms. The average Bonchev–Trinajstić information content (AvgIpc) is 2.13. The van der Waals surface area contributed by atoms with E-state index in [0.29, 0.717) is 11.7 Å². The molecule has 0 heterocycles. The highest BCUT2D eigenvalue weighted by molar-refractivity contribution is 9.09. The highest BCUT2D eigenvalue weighted by atomic mass is 79.9. The molecule has 1 atom stereocenters. The second kappa shape index (κ2) is 5.67. The standard InChI is InChI=1S/C11H23BrO2S/c1-9(2)11(5,8-12)6-7-15(13,14)10(3)4/h9-10H,6-8H2,1-5H3. The Morgan fingerprint density at radius 1 is 1.20 bits per heavy atom. The number of hydrogen-bond donors (Lipinski definition) is 0. The molecule has 0 saturated carbocycles. The third-order valence-corrected chi connectivity index (χ3v) is 6.87. The molecule has 0 fully saturated rings. The molecule has 0 saturated heterocycles. The largest absolute Gasteiger partial charge is 0.229 e. The molecule has 4 heteroatoms. The topological polar surface area (TPSA) is 34.1 Å². The van der Waals surface area contributed by atoms with Gasteiger partial charge in [0.2, 0.25) is 0 Å². The minimum atomic E-state index is -2.90. The molecule has 0 aliphatic rings. The molecule has 0 aromatic heterocycles. The summed E-state index contributed by atoms with van der Waals surface area (Å²) in [7, 11) is -2.90. The van der Waals surface area contributed by atoms with Crippen molar-refractivity contribution >= 4 is 25.8 Å². The zero-order valence-corrected chi connectivity index (χ0v) is 12.8. The SMILES string of the molecule is CC(C)C(C)(CBr)CCS(=O)(=O)C(C)C. The van der Waals surface area contributed by atoms with Crippen LogP contribution in [0.25, 0.3) is 0 Å². The molecular weight excluding hydrogens is 276 g/mol. The minimum Gasteiger partial charge on any atom is -0.229 e. The molecule has 0 N–H and O–H groups in total. The lowest BCUT2D eigenvalue weighted by Gasteiger charge is -2.32. The maximum atomic E-state index is 11.7. The highest BCUT2D eigenvalue weighted by Crippen LogP contribution is 2.33. The Hall–Kier alpha value is 0.430. The number of halogens is 1. The Kier molecular flexibility index (Phi) is 5.83. The zero-order chi connectivity index (χ0) is 12.3. The van der Waals surface area contributed by atoms with Crippen LogP contribution in [0.4, 0.5) is 0 Å².